The number of aromatic nitrogens is 3. The highest BCUT2D eigenvalue weighted by Crippen LogP contribution is 2.31. The molecular formula is C25H25N5O2S. The fraction of sp³-hybridized carbons (Fsp3) is 0.280. The highest BCUT2D eigenvalue weighted by atomic mass is 32.1. The summed E-state index contributed by atoms with van der Waals surface area (Å²) in [6.07, 6.45) is 0.193. The molecule has 2 aromatic heterocycles. The minimum absolute atomic E-state index is 0.0116. The molecule has 1 saturated heterocycles. The normalized spacial score (nSPS) is 17.0. The molecule has 2 atom stereocenters. The van der Waals surface area contributed by atoms with Crippen molar-refractivity contribution < 1.29 is 9.59 Å². The smallest absolute Gasteiger partial charge is 0.250 e. The Labute approximate surface area is 196 Å². The number of carbonyl (C=O) groups excluding carboxylic acids is 2. The van der Waals surface area contributed by atoms with E-state index in [2.05, 4.69) is 47.4 Å². The van der Waals surface area contributed by atoms with E-state index in [1.54, 1.807) is 9.42 Å². The van der Waals surface area contributed by atoms with Crippen LogP contribution in [0.1, 0.15) is 36.1 Å². The second-order valence-electron chi connectivity index (χ2n) is 8.59. The van der Waals surface area contributed by atoms with Gasteiger partial charge in [-0.3, -0.25) is 14.9 Å². The lowest BCUT2D eigenvalue weighted by Gasteiger charge is -2.25. The molecule has 5 rings (SSSR count). The van der Waals surface area contributed by atoms with Crippen molar-refractivity contribution in [3.05, 3.63) is 70.6 Å². The van der Waals surface area contributed by atoms with E-state index in [1.807, 2.05) is 42.6 Å². The molecule has 0 saturated carbocycles. The number of benzene rings is 2. The highest BCUT2D eigenvalue weighted by Gasteiger charge is 2.37. The third-order valence-electron chi connectivity index (χ3n) is 6.25. The van der Waals surface area contributed by atoms with E-state index in [0.29, 0.717) is 11.5 Å². The van der Waals surface area contributed by atoms with Gasteiger partial charge in [0.1, 0.15) is 0 Å². The van der Waals surface area contributed by atoms with Gasteiger partial charge in [0.25, 0.3) is 0 Å². The molecule has 8 heteroatoms. The summed E-state index contributed by atoms with van der Waals surface area (Å²) >= 11 is 1.48. The first-order valence-corrected chi connectivity index (χ1v) is 11.9. The lowest BCUT2D eigenvalue weighted by atomic mass is 10.0. The summed E-state index contributed by atoms with van der Waals surface area (Å²) in [4.78, 5) is 32.5. The maximum atomic E-state index is 12.9. The number of nitrogens with one attached hydrogen (secondary N) is 1. The first-order valence-electron chi connectivity index (χ1n) is 11.0. The summed E-state index contributed by atoms with van der Waals surface area (Å²) in [5.74, 6) is -0.399. The number of amides is 2. The molecule has 2 aromatic carbocycles. The molecule has 1 N–H and O–H groups in total. The van der Waals surface area contributed by atoms with Gasteiger partial charge in [-0.25, -0.2) is 4.52 Å². The second-order valence-corrected chi connectivity index (χ2v) is 9.43. The van der Waals surface area contributed by atoms with Crippen LogP contribution in [0.4, 0.5) is 5.95 Å². The number of carbonyl (C=O) groups is 2. The fourth-order valence-electron chi connectivity index (χ4n) is 4.43. The van der Waals surface area contributed by atoms with Crippen LogP contribution in [-0.2, 0) is 9.59 Å². The molecule has 1 aliphatic heterocycles. The fourth-order valence-corrected chi connectivity index (χ4v) is 5.25. The Morgan fingerprint density at radius 1 is 1.18 bits per heavy atom. The summed E-state index contributed by atoms with van der Waals surface area (Å²) < 4.78 is 1.77. The molecule has 0 spiro atoms. The zero-order chi connectivity index (χ0) is 23.1. The SMILES string of the molecule is Cc1ccc(-c2csc3nc(NC(=O)C4CC(=O)N(C(C)c5ccccc5)C4)nn23)c(C)c1. The molecule has 2 unspecified atom stereocenters. The summed E-state index contributed by atoms with van der Waals surface area (Å²) in [7, 11) is 0. The van der Waals surface area contributed by atoms with Gasteiger partial charge in [0.05, 0.1) is 17.7 Å². The van der Waals surface area contributed by atoms with Crippen LogP contribution in [0.25, 0.3) is 16.2 Å². The summed E-state index contributed by atoms with van der Waals surface area (Å²) in [5, 5.41) is 9.38. The Kier molecular flexibility index (Phi) is 5.46. The van der Waals surface area contributed by atoms with Crippen molar-refractivity contribution >= 4 is 34.1 Å². The molecule has 1 fully saturated rings. The largest absolute Gasteiger partial charge is 0.335 e. The maximum absolute atomic E-state index is 12.9. The van der Waals surface area contributed by atoms with Crippen LogP contribution in [0.15, 0.2) is 53.9 Å². The molecule has 4 aromatic rings. The number of nitrogens with zero attached hydrogens (tertiary/aromatic N) is 4. The number of hydrogen-bond acceptors (Lipinski definition) is 5. The third kappa shape index (κ3) is 4.02. The maximum Gasteiger partial charge on any atom is 0.250 e. The average molecular weight is 460 g/mol. The lowest BCUT2D eigenvalue weighted by molar-refractivity contribution is -0.129. The Balaban J connectivity index is 1.32. The first-order chi connectivity index (χ1) is 15.9. The Morgan fingerprint density at radius 2 is 1.97 bits per heavy atom. The van der Waals surface area contributed by atoms with Gasteiger partial charge in [-0.15, -0.1) is 16.4 Å². The average Bonchev–Trinajstić information content (AvgIpc) is 3.48. The molecule has 3 heterocycles. The van der Waals surface area contributed by atoms with Gasteiger partial charge in [-0.2, -0.15) is 4.98 Å². The minimum atomic E-state index is -0.427. The standard InChI is InChI=1S/C25H25N5O2S/c1-15-9-10-20(16(2)11-15)21-14-33-25-27-24(28-30(21)25)26-23(32)19-12-22(31)29(13-19)17(3)18-7-5-4-6-8-18/h4-11,14,17,19H,12-13H2,1-3H3,(H,26,28,32). The number of rotatable bonds is 5. The van der Waals surface area contributed by atoms with Crippen LogP contribution in [0, 0.1) is 19.8 Å². The van der Waals surface area contributed by atoms with Crippen LogP contribution < -0.4 is 5.32 Å². The number of thiazole rings is 1. The topological polar surface area (TPSA) is 79.6 Å². The first kappa shape index (κ1) is 21.3. The summed E-state index contributed by atoms with van der Waals surface area (Å²) in [6.45, 7) is 6.52. The summed E-state index contributed by atoms with van der Waals surface area (Å²) in [5.41, 5.74) is 5.45. The molecule has 2 amide bonds. The summed E-state index contributed by atoms with van der Waals surface area (Å²) in [6, 6.07) is 16.1. The number of hydrogen-bond donors (Lipinski definition) is 1. The van der Waals surface area contributed by atoms with E-state index < -0.39 is 5.92 Å². The van der Waals surface area contributed by atoms with Crippen LogP contribution in [-0.4, -0.2) is 37.9 Å². The third-order valence-corrected chi connectivity index (χ3v) is 7.07. The highest BCUT2D eigenvalue weighted by molar-refractivity contribution is 7.15. The zero-order valence-corrected chi connectivity index (χ0v) is 19.6. The quantitative estimate of drug-likeness (QED) is 0.472. The monoisotopic (exact) mass is 459 g/mol. The van der Waals surface area contributed by atoms with E-state index in [-0.39, 0.29) is 30.2 Å². The lowest BCUT2D eigenvalue weighted by Crippen LogP contribution is -2.30. The van der Waals surface area contributed by atoms with E-state index in [4.69, 9.17) is 0 Å². The predicted octanol–water partition coefficient (Wildman–Crippen LogP) is 4.62. The van der Waals surface area contributed by atoms with Crippen molar-refractivity contribution in [2.24, 2.45) is 5.92 Å². The Morgan fingerprint density at radius 3 is 2.73 bits per heavy atom. The van der Waals surface area contributed by atoms with E-state index in [1.165, 1.54) is 16.9 Å². The molecule has 7 nitrogen and oxygen atoms in total. The molecule has 168 valence electrons. The van der Waals surface area contributed by atoms with Gasteiger partial charge in [-0.1, -0.05) is 54.1 Å². The van der Waals surface area contributed by atoms with Crippen molar-refractivity contribution in [2.75, 3.05) is 11.9 Å². The van der Waals surface area contributed by atoms with E-state index in [0.717, 1.165) is 22.4 Å². The van der Waals surface area contributed by atoms with Crippen molar-refractivity contribution in [3.8, 4) is 11.3 Å². The van der Waals surface area contributed by atoms with E-state index in [9.17, 15) is 9.59 Å². The van der Waals surface area contributed by atoms with Crippen LogP contribution in [0.2, 0.25) is 0 Å². The Hall–Kier alpha value is -3.52. The number of anilines is 1. The molecule has 1 aliphatic rings. The zero-order valence-electron chi connectivity index (χ0n) is 18.8. The molecule has 0 aliphatic carbocycles. The van der Waals surface area contributed by atoms with Gasteiger partial charge in [0.15, 0.2) is 0 Å². The number of likely N-dealkylation sites (tertiary alicyclic amines) is 1. The van der Waals surface area contributed by atoms with Crippen molar-refractivity contribution in [1.29, 1.82) is 0 Å². The number of fused-ring (bicyclic) bond motifs is 1. The minimum Gasteiger partial charge on any atom is -0.335 e. The van der Waals surface area contributed by atoms with Crippen molar-refractivity contribution in [3.63, 3.8) is 0 Å². The molecule has 0 radical (unpaired) electrons. The Bertz CT molecular complexity index is 1340. The van der Waals surface area contributed by atoms with Crippen molar-refractivity contribution in [2.45, 2.75) is 33.2 Å². The van der Waals surface area contributed by atoms with Crippen molar-refractivity contribution in [1.82, 2.24) is 19.5 Å². The van der Waals surface area contributed by atoms with Gasteiger partial charge in [-0.05, 0) is 31.9 Å². The molecule has 33 heavy (non-hydrogen) atoms. The predicted molar refractivity (Wildman–Crippen MR) is 129 cm³/mol. The van der Waals surface area contributed by atoms with E-state index >= 15 is 0 Å². The van der Waals surface area contributed by atoms with Crippen LogP contribution in [0.5, 0.6) is 0 Å². The van der Waals surface area contributed by atoms with Gasteiger partial charge in [0.2, 0.25) is 22.7 Å². The van der Waals surface area contributed by atoms with Gasteiger partial charge >= 0.3 is 0 Å². The van der Waals surface area contributed by atoms with Crippen LogP contribution >= 0.6 is 11.3 Å². The van der Waals surface area contributed by atoms with Gasteiger partial charge < -0.3 is 4.90 Å². The van der Waals surface area contributed by atoms with Crippen LogP contribution in [0.3, 0.4) is 0 Å². The number of aryl methyl sites for hydroxylation is 2. The molecule has 0 bridgehead atoms. The second kappa shape index (κ2) is 8.44. The molecular weight excluding hydrogens is 434 g/mol. The van der Waals surface area contributed by atoms with Gasteiger partial charge in [0, 0.05) is 23.9 Å².